The summed E-state index contributed by atoms with van der Waals surface area (Å²) >= 11 is 0. The molecule has 4 rings (SSSR count). The van der Waals surface area contributed by atoms with Gasteiger partial charge in [0.1, 0.15) is 5.75 Å². The Morgan fingerprint density at radius 3 is 2.75 bits per heavy atom. The second kappa shape index (κ2) is 7.26. The van der Waals surface area contributed by atoms with Crippen molar-refractivity contribution < 1.29 is 14.3 Å². The molecule has 2 amide bonds. The van der Waals surface area contributed by atoms with Crippen LogP contribution in [0.5, 0.6) is 5.75 Å². The SMILES string of the molecule is COc1c(C)cccc1C(=O)N1CCCC1c1nnc2n1CCN(C(C)=O)C2. The highest BCUT2D eigenvalue weighted by atomic mass is 16.5. The lowest BCUT2D eigenvalue weighted by Gasteiger charge is -2.29. The van der Waals surface area contributed by atoms with Gasteiger partial charge < -0.3 is 19.1 Å². The van der Waals surface area contributed by atoms with Gasteiger partial charge in [0.25, 0.3) is 5.91 Å². The number of aryl methyl sites for hydroxylation is 1. The zero-order valence-corrected chi connectivity index (χ0v) is 16.5. The van der Waals surface area contributed by atoms with E-state index in [1.807, 2.05) is 30.0 Å². The maximum Gasteiger partial charge on any atom is 0.258 e. The molecule has 0 bridgehead atoms. The number of methoxy groups -OCH3 is 1. The number of para-hydroxylation sites is 1. The maximum atomic E-state index is 13.3. The van der Waals surface area contributed by atoms with Crippen molar-refractivity contribution in [1.29, 1.82) is 0 Å². The van der Waals surface area contributed by atoms with E-state index in [1.165, 1.54) is 0 Å². The Labute approximate surface area is 164 Å². The van der Waals surface area contributed by atoms with E-state index in [1.54, 1.807) is 18.9 Å². The van der Waals surface area contributed by atoms with Crippen LogP contribution in [0.15, 0.2) is 18.2 Å². The molecule has 0 radical (unpaired) electrons. The van der Waals surface area contributed by atoms with Crippen molar-refractivity contribution in [3.63, 3.8) is 0 Å². The van der Waals surface area contributed by atoms with Crippen LogP contribution in [0.3, 0.4) is 0 Å². The Kier molecular flexibility index (Phi) is 4.78. The predicted octanol–water partition coefficient (Wildman–Crippen LogP) is 1.93. The molecule has 0 N–H and O–H groups in total. The van der Waals surface area contributed by atoms with Gasteiger partial charge in [0, 0.05) is 26.6 Å². The van der Waals surface area contributed by atoms with Crippen LogP contribution in [0, 0.1) is 6.92 Å². The minimum Gasteiger partial charge on any atom is -0.496 e. The summed E-state index contributed by atoms with van der Waals surface area (Å²) in [5.41, 5.74) is 1.52. The molecule has 2 aliphatic heterocycles. The van der Waals surface area contributed by atoms with Crippen LogP contribution in [0.2, 0.25) is 0 Å². The highest BCUT2D eigenvalue weighted by Crippen LogP contribution is 2.35. The van der Waals surface area contributed by atoms with Crippen molar-refractivity contribution in [3.05, 3.63) is 41.0 Å². The monoisotopic (exact) mass is 383 g/mol. The highest BCUT2D eigenvalue weighted by molar-refractivity contribution is 5.97. The Bertz CT molecular complexity index is 923. The topological polar surface area (TPSA) is 80.6 Å². The number of amides is 2. The number of likely N-dealkylation sites (tertiary alicyclic amines) is 1. The van der Waals surface area contributed by atoms with E-state index in [9.17, 15) is 9.59 Å². The lowest BCUT2D eigenvalue weighted by atomic mass is 10.1. The number of ether oxygens (including phenoxy) is 1. The van der Waals surface area contributed by atoms with Crippen molar-refractivity contribution in [2.24, 2.45) is 0 Å². The number of hydrogen-bond donors (Lipinski definition) is 0. The first kappa shape index (κ1) is 18.5. The van der Waals surface area contributed by atoms with Crippen LogP contribution >= 0.6 is 0 Å². The van der Waals surface area contributed by atoms with E-state index in [0.717, 1.165) is 30.1 Å². The molecule has 2 aromatic rings. The molecule has 148 valence electrons. The number of fused-ring (bicyclic) bond motifs is 1. The fraction of sp³-hybridized carbons (Fsp3) is 0.500. The van der Waals surface area contributed by atoms with Crippen LogP contribution in [0.25, 0.3) is 0 Å². The molecule has 28 heavy (non-hydrogen) atoms. The molecule has 1 aromatic carbocycles. The number of carbonyl (C=O) groups is 2. The molecular weight excluding hydrogens is 358 g/mol. The average Bonchev–Trinajstić information content (AvgIpc) is 3.33. The second-order valence-corrected chi connectivity index (χ2v) is 7.38. The van der Waals surface area contributed by atoms with E-state index < -0.39 is 0 Å². The van der Waals surface area contributed by atoms with E-state index >= 15 is 0 Å². The summed E-state index contributed by atoms with van der Waals surface area (Å²) in [5.74, 6) is 2.22. The number of rotatable bonds is 3. The van der Waals surface area contributed by atoms with Crippen molar-refractivity contribution in [2.75, 3.05) is 20.2 Å². The summed E-state index contributed by atoms with van der Waals surface area (Å²) in [6, 6.07) is 5.52. The first-order chi connectivity index (χ1) is 13.5. The van der Waals surface area contributed by atoms with Gasteiger partial charge in [0.15, 0.2) is 11.6 Å². The third-order valence-corrected chi connectivity index (χ3v) is 5.69. The van der Waals surface area contributed by atoms with Gasteiger partial charge in [0.2, 0.25) is 5.91 Å². The number of benzene rings is 1. The van der Waals surface area contributed by atoms with Gasteiger partial charge in [-0.2, -0.15) is 0 Å². The van der Waals surface area contributed by atoms with Gasteiger partial charge in [-0.15, -0.1) is 10.2 Å². The van der Waals surface area contributed by atoms with E-state index in [4.69, 9.17) is 4.74 Å². The molecule has 1 saturated heterocycles. The van der Waals surface area contributed by atoms with Gasteiger partial charge in [0.05, 0.1) is 25.3 Å². The van der Waals surface area contributed by atoms with Crippen LogP contribution in [-0.4, -0.2) is 56.6 Å². The highest BCUT2D eigenvalue weighted by Gasteiger charge is 2.36. The third kappa shape index (κ3) is 3.02. The summed E-state index contributed by atoms with van der Waals surface area (Å²) < 4.78 is 7.56. The van der Waals surface area contributed by atoms with Crippen LogP contribution in [-0.2, 0) is 17.9 Å². The Hall–Kier alpha value is -2.90. The van der Waals surface area contributed by atoms with Gasteiger partial charge in [-0.25, -0.2) is 0 Å². The summed E-state index contributed by atoms with van der Waals surface area (Å²) in [4.78, 5) is 28.6. The third-order valence-electron chi connectivity index (χ3n) is 5.69. The maximum absolute atomic E-state index is 13.3. The Morgan fingerprint density at radius 1 is 1.18 bits per heavy atom. The van der Waals surface area contributed by atoms with E-state index in [-0.39, 0.29) is 17.9 Å². The van der Waals surface area contributed by atoms with E-state index in [2.05, 4.69) is 14.8 Å². The van der Waals surface area contributed by atoms with Crippen LogP contribution in [0.1, 0.15) is 53.4 Å². The van der Waals surface area contributed by atoms with Gasteiger partial charge in [-0.3, -0.25) is 9.59 Å². The fourth-order valence-corrected chi connectivity index (χ4v) is 4.22. The fourth-order valence-electron chi connectivity index (χ4n) is 4.22. The van der Waals surface area contributed by atoms with Crippen LogP contribution < -0.4 is 4.74 Å². The normalized spacial score (nSPS) is 18.9. The molecule has 3 heterocycles. The summed E-state index contributed by atoms with van der Waals surface area (Å²) in [5, 5.41) is 8.71. The van der Waals surface area contributed by atoms with Gasteiger partial charge in [-0.1, -0.05) is 12.1 Å². The molecular formula is C20H25N5O3. The first-order valence-corrected chi connectivity index (χ1v) is 9.63. The molecule has 1 unspecified atom stereocenters. The van der Waals surface area contributed by atoms with Gasteiger partial charge >= 0.3 is 0 Å². The molecule has 1 aromatic heterocycles. The van der Waals surface area contributed by atoms with Crippen LogP contribution in [0.4, 0.5) is 0 Å². The lowest BCUT2D eigenvalue weighted by molar-refractivity contribution is -0.130. The largest absolute Gasteiger partial charge is 0.496 e. The molecule has 2 aliphatic rings. The molecule has 0 saturated carbocycles. The number of carbonyl (C=O) groups excluding carboxylic acids is 2. The molecule has 1 fully saturated rings. The zero-order valence-electron chi connectivity index (χ0n) is 16.5. The number of aromatic nitrogens is 3. The van der Waals surface area contributed by atoms with Crippen molar-refractivity contribution in [3.8, 4) is 5.75 Å². The molecule has 8 nitrogen and oxygen atoms in total. The quantitative estimate of drug-likeness (QED) is 0.809. The van der Waals surface area contributed by atoms with Crippen molar-refractivity contribution in [2.45, 2.75) is 45.8 Å². The zero-order chi connectivity index (χ0) is 19.8. The first-order valence-electron chi connectivity index (χ1n) is 9.63. The Balaban J connectivity index is 1.63. The molecule has 8 heteroatoms. The Morgan fingerprint density at radius 2 is 2.00 bits per heavy atom. The van der Waals surface area contributed by atoms with E-state index in [0.29, 0.717) is 37.5 Å². The number of nitrogens with zero attached hydrogens (tertiary/aromatic N) is 5. The minimum absolute atomic E-state index is 0.0402. The average molecular weight is 383 g/mol. The van der Waals surface area contributed by atoms with Gasteiger partial charge in [-0.05, 0) is 31.4 Å². The standard InChI is InChI=1S/C20H25N5O3/c1-13-6-4-7-15(18(13)28-3)20(27)24-9-5-8-16(24)19-22-21-17-12-23(14(2)26)10-11-25(17)19/h4,6-7,16H,5,8-12H2,1-3H3. The van der Waals surface area contributed by atoms with Crippen molar-refractivity contribution >= 4 is 11.8 Å². The molecule has 0 aliphatic carbocycles. The lowest BCUT2D eigenvalue weighted by Crippen LogP contribution is -2.38. The van der Waals surface area contributed by atoms with Crippen molar-refractivity contribution in [1.82, 2.24) is 24.6 Å². The predicted molar refractivity (Wildman–Crippen MR) is 102 cm³/mol. The minimum atomic E-state index is -0.108. The molecule has 1 atom stereocenters. The summed E-state index contributed by atoms with van der Waals surface area (Å²) in [7, 11) is 1.59. The summed E-state index contributed by atoms with van der Waals surface area (Å²) in [6.07, 6.45) is 1.78. The molecule has 0 spiro atoms. The summed E-state index contributed by atoms with van der Waals surface area (Å²) in [6.45, 7) is 5.95. The number of hydrogen-bond acceptors (Lipinski definition) is 5. The smallest absolute Gasteiger partial charge is 0.258 e. The second-order valence-electron chi connectivity index (χ2n) is 7.38.